The number of para-hydroxylation sites is 1. The normalized spacial score (nSPS) is 11.8. The average Bonchev–Trinajstić information content (AvgIpc) is 2.79. The summed E-state index contributed by atoms with van der Waals surface area (Å²) in [6, 6.07) is 12.3. The number of aryl methyl sites for hydroxylation is 1. The number of pyridine rings is 1. The van der Waals surface area contributed by atoms with Crippen LogP contribution in [0.1, 0.15) is 5.56 Å². The fourth-order valence-corrected chi connectivity index (χ4v) is 3.47. The molecule has 0 amide bonds. The Balaban J connectivity index is 2.31. The number of benzene rings is 1. The molecule has 2 aromatic heterocycles. The summed E-state index contributed by atoms with van der Waals surface area (Å²) in [6.45, 7) is 1.90. The fourth-order valence-electron chi connectivity index (χ4n) is 2.11. The molecule has 96 valence electrons. The largest absolute Gasteiger partial charge is 0.285 e. The summed E-state index contributed by atoms with van der Waals surface area (Å²) in [5.41, 5.74) is 1.60. The molecule has 0 saturated carbocycles. The Hall–Kier alpha value is -2.14. The van der Waals surface area contributed by atoms with E-state index in [1.165, 1.54) is 16.2 Å². The van der Waals surface area contributed by atoms with Crippen LogP contribution in [0.25, 0.3) is 10.9 Å². The standard InChI is InChI=1S/C14H12N2O2S/c1-11-10-16(13-7-3-2-6-12(11)13)19(17,18)14-8-4-5-9-15-14/h2-10H,1H3. The molecule has 0 unspecified atom stereocenters. The van der Waals surface area contributed by atoms with Crippen LogP contribution in [0.4, 0.5) is 0 Å². The van der Waals surface area contributed by atoms with Crippen LogP contribution in [-0.4, -0.2) is 17.4 Å². The van der Waals surface area contributed by atoms with Crippen LogP contribution >= 0.6 is 0 Å². The fraction of sp³-hybridized carbons (Fsp3) is 0.0714. The molecule has 0 aliphatic carbocycles. The van der Waals surface area contributed by atoms with Crippen LogP contribution in [-0.2, 0) is 10.0 Å². The van der Waals surface area contributed by atoms with E-state index in [2.05, 4.69) is 4.98 Å². The molecule has 1 aromatic carbocycles. The Morgan fingerprint density at radius 3 is 2.53 bits per heavy atom. The minimum Gasteiger partial charge on any atom is -0.243 e. The Morgan fingerprint density at radius 2 is 1.79 bits per heavy atom. The van der Waals surface area contributed by atoms with Gasteiger partial charge in [-0.15, -0.1) is 0 Å². The molecule has 0 fully saturated rings. The van der Waals surface area contributed by atoms with Gasteiger partial charge in [0.1, 0.15) is 0 Å². The molecule has 0 aliphatic rings. The molecule has 0 N–H and O–H groups in total. The zero-order chi connectivity index (χ0) is 13.5. The molecule has 0 radical (unpaired) electrons. The lowest BCUT2D eigenvalue weighted by molar-refractivity contribution is 0.585. The highest BCUT2D eigenvalue weighted by Gasteiger charge is 2.20. The van der Waals surface area contributed by atoms with Gasteiger partial charge in [0.25, 0.3) is 10.0 Å². The summed E-state index contributed by atoms with van der Waals surface area (Å²) in [7, 11) is -3.64. The summed E-state index contributed by atoms with van der Waals surface area (Å²) in [6.07, 6.45) is 3.11. The first kappa shape index (κ1) is 11.9. The molecule has 0 bridgehead atoms. The lowest BCUT2D eigenvalue weighted by Gasteiger charge is -2.06. The van der Waals surface area contributed by atoms with Gasteiger partial charge in [-0.2, -0.15) is 8.42 Å². The van der Waals surface area contributed by atoms with Gasteiger partial charge in [0.15, 0.2) is 5.03 Å². The second kappa shape index (κ2) is 4.20. The van der Waals surface area contributed by atoms with Crippen LogP contribution in [0.2, 0.25) is 0 Å². The maximum Gasteiger partial charge on any atom is 0.285 e. The van der Waals surface area contributed by atoms with E-state index in [4.69, 9.17) is 0 Å². The molecule has 19 heavy (non-hydrogen) atoms. The van der Waals surface area contributed by atoms with Crippen molar-refractivity contribution < 1.29 is 8.42 Å². The number of hydrogen-bond donors (Lipinski definition) is 0. The molecule has 2 heterocycles. The van der Waals surface area contributed by atoms with Gasteiger partial charge < -0.3 is 0 Å². The molecule has 0 saturated heterocycles. The predicted octanol–water partition coefficient (Wildman–Crippen LogP) is 2.58. The van der Waals surface area contributed by atoms with E-state index >= 15 is 0 Å². The average molecular weight is 272 g/mol. The third kappa shape index (κ3) is 1.82. The van der Waals surface area contributed by atoms with Crippen molar-refractivity contribution in [3.8, 4) is 0 Å². The topological polar surface area (TPSA) is 52.0 Å². The Kier molecular flexibility index (Phi) is 2.64. The van der Waals surface area contributed by atoms with Crippen LogP contribution in [0.5, 0.6) is 0 Å². The van der Waals surface area contributed by atoms with Crippen molar-refractivity contribution in [2.75, 3.05) is 0 Å². The first-order valence-corrected chi connectivity index (χ1v) is 7.28. The van der Waals surface area contributed by atoms with Crippen LogP contribution < -0.4 is 0 Å². The Morgan fingerprint density at radius 1 is 1.05 bits per heavy atom. The second-order valence-electron chi connectivity index (χ2n) is 4.30. The number of hydrogen-bond acceptors (Lipinski definition) is 3. The van der Waals surface area contributed by atoms with Crippen molar-refractivity contribution in [3.63, 3.8) is 0 Å². The van der Waals surface area contributed by atoms with E-state index in [1.54, 1.807) is 24.4 Å². The van der Waals surface area contributed by atoms with Crippen LogP contribution in [0.15, 0.2) is 59.9 Å². The molecule has 0 aliphatic heterocycles. The van der Waals surface area contributed by atoms with Gasteiger partial charge in [-0.05, 0) is 30.7 Å². The molecule has 0 spiro atoms. The first-order chi connectivity index (χ1) is 9.10. The van der Waals surface area contributed by atoms with Crippen molar-refractivity contribution in [2.45, 2.75) is 11.9 Å². The Bertz CT molecular complexity index is 836. The maximum absolute atomic E-state index is 12.6. The van der Waals surface area contributed by atoms with Crippen molar-refractivity contribution >= 4 is 20.9 Å². The molecular formula is C14H12N2O2S. The minimum absolute atomic E-state index is 0.0516. The van der Waals surface area contributed by atoms with Crippen LogP contribution in [0, 0.1) is 6.92 Å². The third-order valence-corrected chi connectivity index (χ3v) is 4.63. The van der Waals surface area contributed by atoms with E-state index in [0.717, 1.165) is 10.9 Å². The Labute approximate surface area is 111 Å². The smallest absolute Gasteiger partial charge is 0.243 e. The number of rotatable bonds is 2. The SMILES string of the molecule is Cc1cn(S(=O)(=O)c2ccccn2)c2ccccc12. The van der Waals surface area contributed by atoms with Crippen molar-refractivity contribution in [3.05, 3.63) is 60.4 Å². The monoisotopic (exact) mass is 272 g/mol. The molecular weight excluding hydrogens is 260 g/mol. The second-order valence-corrected chi connectivity index (χ2v) is 6.06. The zero-order valence-electron chi connectivity index (χ0n) is 10.3. The highest BCUT2D eigenvalue weighted by atomic mass is 32.2. The third-order valence-electron chi connectivity index (χ3n) is 3.04. The van der Waals surface area contributed by atoms with Gasteiger partial charge in [-0.3, -0.25) is 0 Å². The number of fused-ring (bicyclic) bond motifs is 1. The number of aromatic nitrogens is 2. The van der Waals surface area contributed by atoms with E-state index in [-0.39, 0.29) is 5.03 Å². The summed E-state index contributed by atoms with van der Waals surface area (Å²) < 4.78 is 26.4. The summed E-state index contributed by atoms with van der Waals surface area (Å²) in [4.78, 5) is 3.93. The molecule has 0 atom stereocenters. The highest BCUT2D eigenvalue weighted by molar-refractivity contribution is 7.90. The lowest BCUT2D eigenvalue weighted by atomic mass is 10.2. The molecule has 4 nitrogen and oxygen atoms in total. The molecule has 3 rings (SSSR count). The van der Waals surface area contributed by atoms with Gasteiger partial charge >= 0.3 is 0 Å². The first-order valence-electron chi connectivity index (χ1n) is 5.84. The number of nitrogens with zero attached hydrogens (tertiary/aromatic N) is 2. The summed E-state index contributed by atoms with van der Waals surface area (Å²) in [5, 5.41) is 0.984. The van der Waals surface area contributed by atoms with Crippen molar-refractivity contribution in [1.29, 1.82) is 0 Å². The van der Waals surface area contributed by atoms with E-state index in [0.29, 0.717) is 5.52 Å². The van der Waals surface area contributed by atoms with Gasteiger partial charge in [0.2, 0.25) is 0 Å². The molecule has 5 heteroatoms. The highest BCUT2D eigenvalue weighted by Crippen LogP contribution is 2.24. The lowest BCUT2D eigenvalue weighted by Crippen LogP contribution is -2.13. The van der Waals surface area contributed by atoms with E-state index in [9.17, 15) is 8.42 Å². The predicted molar refractivity (Wildman–Crippen MR) is 73.5 cm³/mol. The summed E-state index contributed by atoms with van der Waals surface area (Å²) >= 11 is 0. The van der Waals surface area contributed by atoms with Crippen molar-refractivity contribution in [2.24, 2.45) is 0 Å². The van der Waals surface area contributed by atoms with Crippen molar-refractivity contribution in [1.82, 2.24) is 8.96 Å². The van der Waals surface area contributed by atoms with E-state index < -0.39 is 10.0 Å². The zero-order valence-corrected chi connectivity index (χ0v) is 11.1. The van der Waals surface area contributed by atoms with Gasteiger partial charge in [0, 0.05) is 17.8 Å². The maximum atomic E-state index is 12.6. The van der Waals surface area contributed by atoms with Gasteiger partial charge in [-0.1, -0.05) is 24.3 Å². The van der Waals surface area contributed by atoms with Crippen LogP contribution in [0.3, 0.4) is 0 Å². The van der Waals surface area contributed by atoms with Gasteiger partial charge in [0.05, 0.1) is 5.52 Å². The van der Waals surface area contributed by atoms with E-state index in [1.807, 2.05) is 25.1 Å². The quantitative estimate of drug-likeness (QED) is 0.720. The minimum atomic E-state index is -3.64. The van der Waals surface area contributed by atoms with Gasteiger partial charge in [-0.25, -0.2) is 8.96 Å². The summed E-state index contributed by atoms with van der Waals surface area (Å²) in [5.74, 6) is 0. The molecule has 3 aromatic rings.